The Morgan fingerprint density at radius 3 is 3.11 bits per heavy atom. The molecule has 0 spiro atoms. The van der Waals surface area contributed by atoms with Gasteiger partial charge in [-0.15, -0.1) is 11.3 Å². The summed E-state index contributed by atoms with van der Waals surface area (Å²) in [5.74, 6) is 1.92. The van der Waals surface area contributed by atoms with Crippen LogP contribution in [0.4, 0.5) is 0 Å². The molecule has 1 unspecified atom stereocenters. The van der Waals surface area contributed by atoms with Gasteiger partial charge in [0.15, 0.2) is 5.01 Å². The highest BCUT2D eigenvalue weighted by atomic mass is 32.2. The van der Waals surface area contributed by atoms with Gasteiger partial charge in [-0.3, -0.25) is 4.21 Å². The third-order valence-corrected chi connectivity index (χ3v) is 4.55. The lowest BCUT2D eigenvalue weighted by atomic mass is 10.3. The lowest BCUT2D eigenvalue weighted by Gasteiger charge is -2.04. The quantitative estimate of drug-likeness (QED) is 0.843. The fourth-order valence-corrected chi connectivity index (χ4v) is 2.79. The fourth-order valence-electron chi connectivity index (χ4n) is 1.44. The van der Waals surface area contributed by atoms with E-state index in [1.165, 1.54) is 11.3 Å². The average molecular weight is 280 g/mol. The number of nitriles is 1. The van der Waals surface area contributed by atoms with E-state index in [-0.39, 0.29) is 0 Å². The molecule has 0 amide bonds. The second-order valence-corrected chi connectivity index (χ2v) is 6.44. The van der Waals surface area contributed by atoms with Crippen molar-refractivity contribution >= 4 is 32.4 Å². The summed E-state index contributed by atoms with van der Waals surface area (Å²) in [4.78, 5) is 4.15. The number of hydrogen-bond donors (Lipinski definition) is 0. The summed E-state index contributed by atoms with van der Waals surface area (Å²) in [6, 6.07) is 7.54. The van der Waals surface area contributed by atoms with Crippen molar-refractivity contribution in [1.82, 2.24) is 4.98 Å². The van der Waals surface area contributed by atoms with E-state index in [0.29, 0.717) is 23.1 Å². The van der Waals surface area contributed by atoms with Crippen LogP contribution in [-0.2, 0) is 10.8 Å². The molecule has 2 aromatic rings. The molecule has 1 aromatic carbocycles. The minimum absolute atomic E-state index is 0.440. The van der Waals surface area contributed by atoms with E-state index < -0.39 is 10.8 Å². The van der Waals surface area contributed by atoms with E-state index in [0.717, 1.165) is 16.0 Å². The minimum Gasteiger partial charge on any atom is -0.493 e. The highest BCUT2D eigenvalue weighted by Crippen LogP contribution is 2.25. The van der Waals surface area contributed by atoms with Crippen LogP contribution in [0.5, 0.6) is 5.75 Å². The number of benzene rings is 1. The maximum absolute atomic E-state index is 11.2. The molecule has 18 heavy (non-hydrogen) atoms. The second kappa shape index (κ2) is 5.94. The van der Waals surface area contributed by atoms with E-state index >= 15 is 0 Å². The predicted molar refractivity (Wildman–Crippen MR) is 73.4 cm³/mol. The number of fused-ring (bicyclic) bond motifs is 1. The molecule has 0 N–H and O–H groups in total. The third-order valence-electron chi connectivity index (χ3n) is 2.36. The highest BCUT2D eigenvalue weighted by molar-refractivity contribution is 7.84. The molecule has 0 radical (unpaired) electrons. The van der Waals surface area contributed by atoms with Gasteiger partial charge >= 0.3 is 0 Å². The van der Waals surface area contributed by atoms with Crippen LogP contribution in [0.25, 0.3) is 10.2 Å². The van der Waals surface area contributed by atoms with Crippen molar-refractivity contribution in [3.63, 3.8) is 0 Å². The van der Waals surface area contributed by atoms with Gasteiger partial charge in [0.2, 0.25) is 0 Å². The van der Waals surface area contributed by atoms with E-state index in [2.05, 4.69) is 4.98 Å². The van der Waals surface area contributed by atoms with Crippen molar-refractivity contribution in [1.29, 1.82) is 5.26 Å². The summed E-state index contributed by atoms with van der Waals surface area (Å²) >= 11 is 1.34. The molecule has 2 rings (SSSR count). The van der Waals surface area contributed by atoms with Gasteiger partial charge < -0.3 is 4.74 Å². The topological polar surface area (TPSA) is 63.0 Å². The summed E-state index contributed by atoms with van der Waals surface area (Å²) in [5, 5.41) is 9.22. The van der Waals surface area contributed by atoms with Gasteiger partial charge in [0.25, 0.3) is 0 Å². The van der Waals surface area contributed by atoms with Crippen molar-refractivity contribution in [3.8, 4) is 11.8 Å². The maximum atomic E-state index is 11.2. The van der Waals surface area contributed by atoms with Crippen LogP contribution in [0.15, 0.2) is 18.2 Å². The van der Waals surface area contributed by atoms with Crippen LogP contribution in [0.2, 0.25) is 0 Å². The Morgan fingerprint density at radius 2 is 2.39 bits per heavy atom. The molecule has 0 bridgehead atoms. The first-order valence-electron chi connectivity index (χ1n) is 5.51. The molecule has 0 saturated heterocycles. The van der Waals surface area contributed by atoms with E-state index in [4.69, 9.17) is 10.00 Å². The molecular formula is C12H12N2O2S2. The average Bonchev–Trinajstić information content (AvgIpc) is 2.80. The molecule has 4 nitrogen and oxygen atoms in total. The number of aromatic nitrogens is 1. The molecule has 6 heteroatoms. The molecule has 0 fully saturated rings. The number of ether oxygens (including phenoxy) is 1. The Hall–Kier alpha value is -1.45. The molecular weight excluding hydrogens is 268 g/mol. The lowest BCUT2D eigenvalue weighted by molar-refractivity contribution is 0.343. The maximum Gasteiger partial charge on any atom is 0.195 e. The summed E-state index contributed by atoms with van der Waals surface area (Å²) < 4.78 is 17.7. The van der Waals surface area contributed by atoms with Gasteiger partial charge in [-0.05, 0) is 18.2 Å². The van der Waals surface area contributed by atoms with Gasteiger partial charge in [0, 0.05) is 16.6 Å². The molecule has 0 aliphatic carbocycles. The number of nitrogens with zero attached hydrogens (tertiary/aromatic N) is 2. The van der Waals surface area contributed by atoms with E-state index in [9.17, 15) is 4.21 Å². The molecule has 0 saturated carbocycles. The molecule has 0 aliphatic rings. The monoisotopic (exact) mass is 280 g/mol. The largest absolute Gasteiger partial charge is 0.493 e. The Balaban J connectivity index is 2.06. The van der Waals surface area contributed by atoms with E-state index in [1.54, 1.807) is 0 Å². The van der Waals surface area contributed by atoms with Crippen LogP contribution in [0.3, 0.4) is 0 Å². The van der Waals surface area contributed by atoms with Crippen molar-refractivity contribution in [3.05, 3.63) is 23.2 Å². The van der Waals surface area contributed by atoms with E-state index in [1.807, 2.05) is 31.2 Å². The molecule has 1 heterocycles. The van der Waals surface area contributed by atoms with Gasteiger partial charge in [0.05, 0.1) is 22.6 Å². The van der Waals surface area contributed by atoms with Crippen molar-refractivity contribution in [2.24, 2.45) is 0 Å². The van der Waals surface area contributed by atoms with Crippen LogP contribution >= 0.6 is 11.3 Å². The van der Waals surface area contributed by atoms with Crippen molar-refractivity contribution in [2.45, 2.75) is 6.92 Å². The zero-order valence-corrected chi connectivity index (χ0v) is 11.5. The second-order valence-electron chi connectivity index (χ2n) is 3.54. The zero-order valence-electron chi connectivity index (χ0n) is 9.88. The minimum atomic E-state index is -0.803. The predicted octanol–water partition coefficient (Wildman–Crippen LogP) is 2.32. The van der Waals surface area contributed by atoms with Gasteiger partial charge in [-0.25, -0.2) is 4.98 Å². The van der Waals surface area contributed by atoms with Crippen LogP contribution in [-0.4, -0.2) is 27.3 Å². The van der Waals surface area contributed by atoms with Crippen LogP contribution in [0, 0.1) is 11.3 Å². The first-order chi connectivity index (χ1) is 8.72. The number of hydrogen-bond acceptors (Lipinski definition) is 5. The zero-order chi connectivity index (χ0) is 13.0. The van der Waals surface area contributed by atoms with Gasteiger partial charge in [-0.1, -0.05) is 6.92 Å². The molecule has 1 atom stereocenters. The van der Waals surface area contributed by atoms with Crippen molar-refractivity contribution < 1.29 is 8.95 Å². The smallest absolute Gasteiger partial charge is 0.195 e. The Labute approximate surface area is 112 Å². The highest BCUT2D eigenvalue weighted by Gasteiger charge is 2.05. The third kappa shape index (κ3) is 3.06. The standard InChI is InChI=1S/C12H12N2O2S2/c1-2-18(15)6-5-16-9-3-4-10-11(7-9)17-12(8-13)14-10/h3-4,7H,2,5-6H2,1H3. The van der Waals surface area contributed by atoms with Crippen LogP contribution in [0.1, 0.15) is 11.9 Å². The van der Waals surface area contributed by atoms with Crippen LogP contribution < -0.4 is 4.74 Å². The number of thiazole rings is 1. The summed E-state index contributed by atoms with van der Waals surface area (Å²) in [6.45, 7) is 2.33. The normalized spacial score (nSPS) is 12.2. The summed E-state index contributed by atoms with van der Waals surface area (Å²) in [5.41, 5.74) is 0.807. The SMILES string of the molecule is CCS(=O)CCOc1ccc2nc(C#N)sc2c1. The summed E-state index contributed by atoms with van der Waals surface area (Å²) in [6.07, 6.45) is 0. The molecule has 0 aliphatic heterocycles. The van der Waals surface area contributed by atoms with Crippen molar-refractivity contribution in [2.75, 3.05) is 18.1 Å². The molecule has 1 aromatic heterocycles. The molecule has 94 valence electrons. The summed E-state index contributed by atoms with van der Waals surface area (Å²) in [7, 11) is -0.803. The Kier molecular flexibility index (Phi) is 4.28. The first-order valence-corrected chi connectivity index (χ1v) is 7.82. The van der Waals surface area contributed by atoms with Gasteiger partial charge in [-0.2, -0.15) is 5.26 Å². The van der Waals surface area contributed by atoms with Gasteiger partial charge in [0.1, 0.15) is 11.8 Å². The first kappa shape index (κ1) is 13.0. The number of rotatable bonds is 5. The fraction of sp³-hybridized carbons (Fsp3) is 0.333. The lowest BCUT2D eigenvalue weighted by Crippen LogP contribution is -2.09. The Morgan fingerprint density at radius 1 is 1.56 bits per heavy atom. The Bertz CT molecular complexity index is 616.